The van der Waals surface area contributed by atoms with E-state index in [1.807, 2.05) is 13.8 Å². The summed E-state index contributed by atoms with van der Waals surface area (Å²) in [5, 5.41) is 23.6. The van der Waals surface area contributed by atoms with Crippen LogP contribution in [0.4, 0.5) is 0 Å². The maximum absolute atomic E-state index is 14.8. The summed E-state index contributed by atoms with van der Waals surface area (Å²) in [4.78, 5) is 54.2. The Morgan fingerprint density at radius 2 is 1.65 bits per heavy atom. The van der Waals surface area contributed by atoms with Gasteiger partial charge in [-0.3, -0.25) is 19.2 Å². The van der Waals surface area contributed by atoms with E-state index in [0.717, 1.165) is 0 Å². The standard InChI is InChI=1S/C29H36O11/c1-11-16-19-18(12(2)23(34)36-19)38-29-20(16)25(5,21(11)32)6-7-26(40-29)10-27-14(8-13(30)17(26)22(29)33)24(3,4)39-28(27,35)9-15(31)37-27/h11-14,16-20,30,35H,6-10H2,1-5H3/t11-,12+,13+,14+,16-,17+,18-,19-,20+,25+,26+,27-,28-,29+/m1/s1. The normalized spacial score (nSPS) is 60.6. The smallest absolute Gasteiger partial charge is 0.312 e. The van der Waals surface area contributed by atoms with Crippen LogP contribution in [0.2, 0.25) is 0 Å². The van der Waals surface area contributed by atoms with E-state index < -0.39 is 105 Å². The van der Waals surface area contributed by atoms with Crippen molar-refractivity contribution >= 4 is 23.5 Å². The fraction of sp³-hybridized carbons (Fsp3) is 0.862. The van der Waals surface area contributed by atoms with Crippen LogP contribution in [0.5, 0.6) is 0 Å². The number of hydrogen-bond donors (Lipinski definition) is 2. The lowest BCUT2D eigenvalue weighted by Crippen LogP contribution is -2.64. The molecule has 0 amide bonds. The van der Waals surface area contributed by atoms with Crippen molar-refractivity contribution in [3.8, 4) is 0 Å². The molecule has 0 aromatic carbocycles. The van der Waals surface area contributed by atoms with Crippen molar-refractivity contribution in [2.75, 3.05) is 0 Å². The number of esters is 2. The summed E-state index contributed by atoms with van der Waals surface area (Å²) in [6.45, 7) is 8.91. The highest BCUT2D eigenvalue weighted by molar-refractivity contribution is 5.97. The Balaban J connectivity index is 1.33. The molecule has 2 N–H and O–H groups in total. The number of ether oxygens (including phenoxy) is 5. The van der Waals surface area contributed by atoms with E-state index in [-0.39, 0.29) is 31.5 Å². The molecule has 0 aromatic heterocycles. The van der Waals surface area contributed by atoms with Crippen LogP contribution in [0.15, 0.2) is 0 Å². The molecular formula is C29H36O11. The van der Waals surface area contributed by atoms with Crippen LogP contribution in [-0.2, 0) is 42.9 Å². The summed E-state index contributed by atoms with van der Waals surface area (Å²) >= 11 is 0. The lowest BCUT2D eigenvalue weighted by atomic mass is 9.60. The Morgan fingerprint density at radius 1 is 0.925 bits per heavy atom. The lowest BCUT2D eigenvalue weighted by molar-refractivity contribution is -0.335. The van der Waals surface area contributed by atoms with Crippen molar-refractivity contribution in [1.82, 2.24) is 0 Å². The molecule has 3 spiro atoms. The summed E-state index contributed by atoms with van der Waals surface area (Å²) in [5.41, 5.74) is -4.96. The van der Waals surface area contributed by atoms with Crippen molar-refractivity contribution in [2.24, 2.45) is 40.9 Å². The number of aliphatic hydroxyl groups is 2. The van der Waals surface area contributed by atoms with E-state index in [9.17, 15) is 29.4 Å². The molecule has 2 bridgehead atoms. The summed E-state index contributed by atoms with van der Waals surface area (Å²) in [7, 11) is 0. The fourth-order valence-corrected chi connectivity index (χ4v) is 10.9. The van der Waals surface area contributed by atoms with Gasteiger partial charge in [-0.15, -0.1) is 0 Å². The van der Waals surface area contributed by atoms with Gasteiger partial charge in [0, 0.05) is 35.5 Å². The zero-order valence-corrected chi connectivity index (χ0v) is 23.3. The van der Waals surface area contributed by atoms with Crippen LogP contribution in [-0.4, -0.2) is 80.4 Å². The molecule has 2 aliphatic carbocycles. The first-order valence-electron chi connectivity index (χ1n) is 14.6. The molecule has 11 nitrogen and oxygen atoms in total. The average molecular weight is 561 g/mol. The van der Waals surface area contributed by atoms with Crippen LogP contribution < -0.4 is 0 Å². The molecule has 40 heavy (non-hydrogen) atoms. The molecule has 6 aliphatic heterocycles. The van der Waals surface area contributed by atoms with Crippen molar-refractivity contribution in [3.05, 3.63) is 0 Å². The van der Waals surface area contributed by atoms with Crippen LogP contribution in [0.3, 0.4) is 0 Å². The predicted octanol–water partition coefficient (Wildman–Crippen LogP) is 0.803. The second-order valence-electron chi connectivity index (χ2n) is 14.6. The van der Waals surface area contributed by atoms with E-state index in [4.69, 9.17) is 23.7 Å². The monoisotopic (exact) mass is 560 g/mol. The highest BCUT2D eigenvalue weighted by Crippen LogP contribution is 2.72. The van der Waals surface area contributed by atoms with Gasteiger partial charge >= 0.3 is 11.9 Å². The topological polar surface area (TPSA) is 155 Å². The number of carbonyl (C=O) groups excluding carboxylic acids is 4. The minimum atomic E-state index is -1.97. The molecule has 8 rings (SSSR count). The first-order valence-corrected chi connectivity index (χ1v) is 14.6. The Morgan fingerprint density at radius 3 is 2.38 bits per heavy atom. The first-order chi connectivity index (χ1) is 18.6. The molecule has 0 unspecified atom stereocenters. The fourth-order valence-electron chi connectivity index (χ4n) is 10.9. The third kappa shape index (κ3) is 2.51. The van der Waals surface area contributed by atoms with Gasteiger partial charge in [-0.2, -0.15) is 0 Å². The quantitative estimate of drug-likeness (QED) is 0.404. The number of aliphatic hydroxyl groups excluding tert-OH is 1. The third-order valence-electron chi connectivity index (χ3n) is 12.4. The van der Waals surface area contributed by atoms with Crippen molar-refractivity contribution in [1.29, 1.82) is 0 Å². The molecule has 0 aromatic rings. The number of rotatable bonds is 0. The van der Waals surface area contributed by atoms with E-state index >= 15 is 0 Å². The molecule has 6 saturated heterocycles. The number of hydrogen-bond acceptors (Lipinski definition) is 11. The second-order valence-corrected chi connectivity index (χ2v) is 14.6. The molecule has 0 radical (unpaired) electrons. The predicted molar refractivity (Wildman–Crippen MR) is 130 cm³/mol. The average Bonchev–Trinajstić information content (AvgIpc) is 3.41. The maximum Gasteiger partial charge on any atom is 0.312 e. The summed E-state index contributed by atoms with van der Waals surface area (Å²) in [5.74, 6) is -9.48. The summed E-state index contributed by atoms with van der Waals surface area (Å²) in [6, 6.07) is 0. The first kappa shape index (κ1) is 25.8. The van der Waals surface area contributed by atoms with Crippen LogP contribution in [0.25, 0.3) is 0 Å². The molecule has 8 aliphatic rings. The number of ketones is 2. The molecule has 6 heterocycles. The molecular weight excluding hydrogens is 524 g/mol. The van der Waals surface area contributed by atoms with Crippen molar-refractivity contribution in [3.63, 3.8) is 0 Å². The molecule has 218 valence electrons. The van der Waals surface area contributed by atoms with Gasteiger partial charge in [-0.1, -0.05) is 13.8 Å². The van der Waals surface area contributed by atoms with Gasteiger partial charge in [0.15, 0.2) is 5.60 Å². The number of fused-ring (bicyclic) bond motifs is 2. The van der Waals surface area contributed by atoms with Gasteiger partial charge < -0.3 is 33.9 Å². The molecule has 14 atom stereocenters. The van der Waals surface area contributed by atoms with Gasteiger partial charge in [0.05, 0.1) is 29.1 Å². The zero-order chi connectivity index (χ0) is 28.6. The van der Waals surface area contributed by atoms with Crippen molar-refractivity contribution in [2.45, 2.75) is 113 Å². The van der Waals surface area contributed by atoms with Crippen molar-refractivity contribution < 1.29 is 53.1 Å². The Bertz CT molecular complexity index is 1290. The van der Waals surface area contributed by atoms with Crippen LogP contribution >= 0.6 is 0 Å². The molecule has 2 saturated carbocycles. The maximum atomic E-state index is 14.8. The molecule has 11 heteroatoms. The Labute approximate surface area is 231 Å². The Kier molecular flexibility index (Phi) is 4.50. The zero-order valence-electron chi connectivity index (χ0n) is 23.3. The van der Waals surface area contributed by atoms with E-state index in [0.29, 0.717) is 6.42 Å². The third-order valence-corrected chi connectivity index (χ3v) is 12.4. The largest absolute Gasteiger partial charge is 0.459 e. The van der Waals surface area contributed by atoms with Crippen LogP contribution in [0.1, 0.15) is 66.7 Å². The van der Waals surface area contributed by atoms with E-state index in [1.54, 1.807) is 20.8 Å². The Hall–Kier alpha value is -1.92. The van der Waals surface area contributed by atoms with Gasteiger partial charge in [0.1, 0.15) is 24.4 Å². The highest BCUT2D eigenvalue weighted by atomic mass is 16.7. The van der Waals surface area contributed by atoms with E-state index in [1.165, 1.54) is 0 Å². The summed E-state index contributed by atoms with van der Waals surface area (Å²) in [6.07, 6.45) is -2.60. The van der Waals surface area contributed by atoms with Gasteiger partial charge in [-0.05, 0) is 40.0 Å². The number of carbonyl (C=O) groups is 4. The van der Waals surface area contributed by atoms with E-state index in [2.05, 4.69) is 0 Å². The highest BCUT2D eigenvalue weighted by Gasteiger charge is 2.85. The summed E-state index contributed by atoms with van der Waals surface area (Å²) < 4.78 is 31.4. The van der Waals surface area contributed by atoms with Crippen LogP contribution in [0, 0.1) is 40.9 Å². The van der Waals surface area contributed by atoms with Gasteiger partial charge in [0.2, 0.25) is 17.4 Å². The lowest BCUT2D eigenvalue weighted by Gasteiger charge is -2.50. The van der Waals surface area contributed by atoms with Gasteiger partial charge in [0.25, 0.3) is 0 Å². The minimum absolute atomic E-state index is 0.0297. The SMILES string of the molecule is C[C@@H]1C(=O)O[C@H]2[C@@H]1O[C@]13O[C@@]4(CC[C@]5(C)C(=O)[C@H](C)[C@H]2[C@H]15)C[C@]12OC(=O)C[C@@]1(O)OC(C)(C)[C@@H]2C[C@H](O)[C@H]4C3=O. The number of Topliss-reactive ketones (excluding diaryl/α,β-unsaturated/α-hetero) is 2. The van der Waals surface area contributed by atoms with Gasteiger partial charge in [-0.25, -0.2) is 0 Å². The molecule has 8 fully saturated rings. The minimum Gasteiger partial charge on any atom is -0.459 e. The second kappa shape index (κ2) is 6.99.